The van der Waals surface area contributed by atoms with Crippen LogP contribution in [0.2, 0.25) is 0 Å². The van der Waals surface area contributed by atoms with Crippen LogP contribution in [-0.4, -0.2) is 26.6 Å². The lowest BCUT2D eigenvalue weighted by molar-refractivity contribution is 0.0559. The number of carbonyl (C=O) groups excluding carboxylic acids is 1. The molecule has 7 nitrogen and oxygen atoms in total. The maximum Gasteiger partial charge on any atom is 0.374 e. The summed E-state index contributed by atoms with van der Waals surface area (Å²) >= 11 is 0. The first-order chi connectivity index (χ1) is 10.3. The first-order valence-electron chi connectivity index (χ1n) is 6.26. The van der Waals surface area contributed by atoms with E-state index in [0.29, 0.717) is 11.1 Å². The number of ether oxygens (including phenoxy) is 1. The number of methoxy groups -OCH3 is 1. The molecule has 118 valence electrons. The molecule has 1 aromatic heterocycles. The maximum atomic E-state index is 12.2. The fourth-order valence-electron chi connectivity index (χ4n) is 1.82. The largest absolute Gasteiger partial charge is 0.507 e. The van der Waals surface area contributed by atoms with Crippen molar-refractivity contribution in [2.45, 2.75) is 18.9 Å². The predicted molar refractivity (Wildman–Crippen MR) is 78.4 cm³/mol. The van der Waals surface area contributed by atoms with Gasteiger partial charge in [0.2, 0.25) is 10.9 Å². The average molecular weight is 325 g/mol. The van der Waals surface area contributed by atoms with E-state index >= 15 is 0 Å². The Balaban J connectivity index is 2.34. The molecule has 0 aliphatic heterocycles. The molecule has 0 aliphatic carbocycles. The van der Waals surface area contributed by atoms with Crippen LogP contribution in [0.5, 0.6) is 5.75 Å². The van der Waals surface area contributed by atoms with Crippen LogP contribution in [-0.2, 0) is 14.8 Å². The van der Waals surface area contributed by atoms with Gasteiger partial charge in [0.05, 0.1) is 12.8 Å². The molecular formula is C14H15NO6S. The Morgan fingerprint density at radius 1 is 1.23 bits per heavy atom. The molecule has 0 spiro atoms. The SMILES string of the molecule is COC(=O)c1ccc(S(=O)(=O)Nc2ccc(C)c(O)c2C)o1. The average Bonchev–Trinajstić information content (AvgIpc) is 2.98. The molecule has 0 bridgehead atoms. The molecule has 1 aromatic carbocycles. The quantitative estimate of drug-likeness (QED) is 0.835. The molecule has 2 aromatic rings. The molecule has 0 aliphatic rings. The molecule has 22 heavy (non-hydrogen) atoms. The Bertz CT molecular complexity index is 822. The van der Waals surface area contributed by atoms with Gasteiger partial charge in [-0.3, -0.25) is 4.72 Å². The van der Waals surface area contributed by atoms with Crippen molar-refractivity contribution in [3.63, 3.8) is 0 Å². The van der Waals surface area contributed by atoms with Crippen LogP contribution in [0.3, 0.4) is 0 Å². The number of aryl methyl sites for hydroxylation is 1. The van der Waals surface area contributed by atoms with Gasteiger partial charge in [-0.1, -0.05) is 6.07 Å². The van der Waals surface area contributed by atoms with Gasteiger partial charge in [-0.25, -0.2) is 4.79 Å². The number of benzene rings is 1. The number of furan rings is 1. The van der Waals surface area contributed by atoms with Gasteiger partial charge in [-0.15, -0.1) is 0 Å². The molecule has 0 radical (unpaired) electrons. The van der Waals surface area contributed by atoms with Crippen LogP contribution < -0.4 is 4.72 Å². The lowest BCUT2D eigenvalue weighted by Crippen LogP contribution is -2.13. The van der Waals surface area contributed by atoms with E-state index in [4.69, 9.17) is 4.42 Å². The van der Waals surface area contributed by atoms with E-state index in [9.17, 15) is 18.3 Å². The fourth-order valence-corrected chi connectivity index (χ4v) is 2.87. The van der Waals surface area contributed by atoms with Gasteiger partial charge < -0.3 is 14.3 Å². The molecule has 0 saturated heterocycles. The third-order valence-electron chi connectivity index (χ3n) is 3.11. The van der Waals surface area contributed by atoms with Crippen molar-refractivity contribution in [3.05, 3.63) is 41.2 Å². The van der Waals surface area contributed by atoms with E-state index in [-0.39, 0.29) is 17.2 Å². The van der Waals surface area contributed by atoms with Gasteiger partial charge in [0.1, 0.15) is 5.75 Å². The van der Waals surface area contributed by atoms with E-state index in [0.717, 1.165) is 13.2 Å². The molecule has 0 amide bonds. The van der Waals surface area contributed by atoms with Crippen molar-refractivity contribution in [1.29, 1.82) is 0 Å². The summed E-state index contributed by atoms with van der Waals surface area (Å²) in [6.45, 7) is 3.29. The van der Waals surface area contributed by atoms with Crippen molar-refractivity contribution in [2.24, 2.45) is 0 Å². The summed E-state index contributed by atoms with van der Waals surface area (Å²) in [6.07, 6.45) is 0. The Hall–Kier alpha value is -2.48. The smallest absolute Gasteiger partial charge is 0.374 e. The lowest BCUT2D eigenvalue weighted by atomic mass is 10.1. The van der Waals surface area contributed by atoms with E-state index in [2.05, 4.69) is 9.46 Å². The number of aromatic hydroxyl groups is 1. The summed E-state index contributed by atoms with van der Waals surface area (Å²) in [6, 6.07) is 5.48. The van der Waals surface area contributed by atoms with Crippen LogP contribution >= 0.6 is 0 Å². The second-order valence-electron chi connectivity index (χ2n) is 4.62. The van der Waals surface area contributed by atoms with Crippen LogP contribution in [0, 0.1) is 13.8 Å². The highest BCUT2D eigenvalue weighted by Crippen LogP contribution is 2.29. The fraction of sp³-hybridized carbons (Fsp3) is 0.214. The van der Waals surface area contributed by atoms with Crippen molar-refractivity contribution in [3.8, 4) is 5.75 Å². The Kier molecular flexibility index (Phi) is 4.14. The number of phenols is 1. The van der Waals surface area contributed by atoms with Crippen molar-refractivity contribution in [2.75, 3.05) is 11.8 Å². The van der Waals surface area contributed by atoms with Gasteiger partial charge in [0, 0.05) is 5.56 Å². The van der Waals surface area contributed by atoms with Crippen molar-refractivity contribution >= 4 is 21.7 Å². The second kappa shape index (κ2) is 5.72. The first-order valence-corrected chi connectivity index (χ1v) is 7.74. The molecular weight excluding hydrogens is 310 g/mol. The second-order valence-corrected chi connectivity index (χ2v) is 6.23. The van der Waals surface area contributed by atoms with Gasteiger partial charge in [-0.2, -0.15) is 8.42 Å². The van der Waals surface area contributed by atoms with Gasteiger partial charge >= 0.3 is 5.97 Å². The number of phenolic OH excluding ortho intramolecular Hbond substituents is 1. The van der Waals surface area contributed by atoms with E-state index in [1.807, 2.05) is 0 Å². The van der Waals surface area contributed by atoms with Crippen LogP contribution in [0.15, 0.2) is 33.8 Å². The number of sulfonamides is 1. The topological polar surface area (TPSA) is 106 Å². The molecule has 8 heteroatoms. The lowest BCUT2D eigenvalue weighted by Gasteiger charge is -2.11. The number of anilines is 1. The first kappa shape index (κ1) is 15.9. The summed E-state index contributed by atoms with van der Waals surface area (Å²) < 4.78 is 36.2. The van der Waals surface area contributed by atoms with Gasteiger partial charge in [0.25, 0.3) is 10.0 Å². The third-order valence-corrected chi connectivity index (χ3v) is 4.35. The molecule has 0 unspecified atom stereocenters. The molecule has 1 heterocycles. The molecule has 0 fully saturated rings. The van der Waals surface area contributed by atoms with E-state index in [1.165, 1.54) is 12.1 Å². The summed E-state index contributed by atoms with van der Waals surface area (Å²) in [4.78, 5) is 11.3. The molecule has 0 saturated carbocycles. The predicted octanol–water partition coefficient (Wildman–Crippen LogP) is 2.19. The Morgan fingerprint density at radius 3 is 2.55 bits per heavy atom. The minimum atomic E-state index is -4.02. The van der Waals surface area contributed by atoms with Gasteiger partial charge in [0.15, 0.2) is 0 Å². The Labute approximate surface area is 127 Å². The number of carbonyl (C=O) groups is 1. The zero-order valence-electron chi connectivity index (χ0n) is 12.2. The molecule has 0 atom stereocenters. The standard InChI is InChI=1S/C14H15NO6S/c1-8-4-5-10(9(2)13(8)16)15-22(18,19)12-7-6-11(21-12)14(17)20-3/h4-7,15-16H,1-3H3. The van der Waals surface area contributed by atoms with Crippen LogP contribution in [0.4, 0.5) is 5.69 Å². The minimum absolute atomic E-state index is 0.00916. The number of esters is 1. The van der Waals surface area contributed by atoms with E-state index < -0.39 is 21.1 Å². The summed E-state index contributed by atoms with van der Waals surface area (Å²) in [5, 5.41) is 9.42. The summed E-state index contributed by atoms with van der Waals surface area (Å²) in [5.41, 5.74) is 1.24. The van der Waals surface area contributed by atoms with Crippen molar-refractivity contribution < 1.29 is 27.5 Å². The Morgan fingerprint density at radius 2 is 1.91 bits per heavy atom. The maximum absolute atomic E-state index is 12.2. The highest BCUT2D eigenvalue weighted by Gasteiger charge is 2.22. The van der Waals surface area contributed by atoms with Gasteiger partial charge in [-0.05, 0) is 37.6 Å². The number of hydrogen-bond donors (Lipinski definition) is 2. The van der Waals surface area contributed by atoms with Crippen LogP contribution in [0.25, 0.3) is 0 Å². The summed E-state index contributed by atoms with van der Waals surface area (Å²) in [7, 11) is -2.86. The molecule has 2 N–H and O–H groups in total. The zero-order chi connectivity index (χ0) is 16.5. The highest BCUT2D eigenvalue weighted by molar-refractivity contribution is 7.92. The summed E-state index contributed by atoms with van der Waals surface area (Å²) in [5.74, 6) is -0.980. The third kappa shape index (κ3) is 2.91. The zero-order valence-corrected chi connectivity index (χ0v) is 13.0. The van der Waals surface area contributed by atoms with Crippen molar-refractivity contribution in [1.82, 2.24) is 0 Å². The number of nitrogens with one attached hydrogen (secondary N) is 1. The van der Waals surface area contributed by atoms with E-state index in [1.54, 1.807) is 19.9 Å². The monoisotopic (exact) mass is 325 g/mol. The number of hydrogen-bond acceptors (Lipinski definition) is 6. The number of rotatable bonds is 4. The molecule has 2 rings (SSSR count). The minimum Gasteiger partial charge on any atom is -0.507 e. The highest BCUT2D eigenvalue weighted by atomic mass is 32.2. The van der Waals surface area contributed by atoms with Crippen LogP contribution in [0.1, 0.15) is 21.7 Å². The normalized spacial score (nSPS) is 11.2.